The Morgan fingerprint density at radius 1 is 0.880 bits per heavy atom. The minimum Gasteiger partial charge on any atom is -0.444 e. The number of carbonyl (C=O) groups is 2. The van der Waals surface area contributed by atoms with Gasteiger partial charge in [0, 0.05) is 40.7 Å². The first-order chi connectivity index (χ1) is 23.4. The lowest BCUT2D eigenvalue weighted by molar-refractivity contribution is 0.00798. The second-order valence-corrected chi connectivity index (χ2v) is 20.3. The summed E-state index contributed by atoms with van der Waals surface area (Å²) in [5.74, 6) is -0.291. The van der Waals surface area contributed by atoms with E-state index in [4.69, 9.17) is 20.8 Å². The molecule has 0 spiro atoms. The Morgan fingerprint density at radius 2 is 1.56 bits per heavy atom. The second kappa shape index (κ2) is 16.2. The molecule has 3 aromatic carbocycles. The van der Waals surface area contributed by atoms with Crippen LogP contribution in [0.3, 0.4) is 0 Å². The highest BCUT2D eigenvalue weighted by Crippen LogP contribution is 2.40. The standard InChI is InChI=1S/C40H51ClN4O4Si/c1-28(26-43-33-21-14-16-29(25-33)34-22-15-23-42-36(34)37(46)44-32-19-11-10-12-20-32)45(38(47)48-39(2,3)4)27-35(30-17-13-18-31(41)24-30)49-50(8,9)40(5,6)7/h10-25,28,35,43H,26-27H2,1-9H3,(H,44,46). The van der Waals surface area contributed by atoms with Crippen LogP contribution < -0.4 is 10.6 Å². The zero-order chi connectivity index (χ0) is 36.7. The van der Waals surface area contributed by atoms with Gasteiger partial charge in [0.25, 0.3) is 5.91 Å². The maximum absolute atomic E-state index is 13.8. The molecule has 10 heteroatoms. The molecular weight excluding hydrogens is 664 g/mol. The Kier molecular flexibility index (Phi) is 12.5. The number of benzene rings is 3. The molecule has 0 saturated carbocycles. The van der Waals surface area contributed by atoms with Crippen LogP contribution in [0, 0.1) is 0 Å². The number of para-hydroxylation sites is 1. The van der Waals surface area contributed by atoms with E-state index in [1.54, 1.807) is 11.1 Å². The van der Waals surface area contributed by atoms with Crippen LogP contribution in [-0.2, 0) is 9.16 Å². The third-order valence-corrected chi connectivity index (χ3v) is 13.5. The van der Waals surface area contributed by atoms with E-state index in [1.807, 2.05) is 119 Å². The van der Waals surface area contributed by atoms with Crippen molar-refractivity contribution in [3.05, 3.63) is 113 Å². The number of anilines is 2. The SMILES string of the molecule is CC(CNc1cccc(-c2cccnc2C(=O)Nc2ccccc2)c1)N(CC(O[Si](C)(C)C(C)(C)C)c1cccc(Cl)c1)C(=O)OC(C)(C)C. The van der Waals surface area contributed by atoms with E-state index in [9.17, 15) is 9.59 Å². The van der Waals surface area contributed by atoms with Crippen LogP contribution >= 0.6 is 11.6 Å². The number of pyridine rings is 1. The summed E-state index contributed by atoms with van der Waals surface area (Å²) in [5, 5.41) is 7.01. The van der Waals surface area contributed by atoms with Gasteiger partial charge in [-0.1, -0.05) is 80.9 Å². The first kappa shape index (κ1) is 38.6. The minimum absolute atomic E-state index is 0.0465. The van der Waals surface area contributed by atoms with E-state index >= 15 is 0 Å². The zero-order valence-electron chi connectivity index (χ0n) is 30.7. The molecule has 2 amide bonds. The highest BCUT2D eigenvalue weighted by Gasteiger charge is 2.41. The van der Waals surface area contributed by atoms with Crippen LogP contribution in [0.4, 0.5) is 16.2 Å². The number of ether oxygens (including phenoxy) is 1. The second-order valence-electron chi connectivity index (χ2n) is 15.1. The number of hydrogen-bond acceptors (Lipinski definition) is 6. The molecule has 8 nitrogen and oxygen atoms in total. The third-order valence-electron chi connectivity index (χ3n) is 8.82. The van der Waals surface area contributed by atoms with Crippen molar-refractivity contribution in [3.63, 3.8) is 0 Å². The summed E-state index contributed by atoms with van der Waals surface area (Å²) in [6, 6.07) is 28.2. The fraction of sp³-hybridized carbons (Fsp3) is 0.375. The van der Waals surface area contributed by atoms with Gasteiger partial charge in [-0.15, -0.1) is 0 Å². The van der Waals surface area contributed by atoms with E-state index in [1.165, 1.54) is 0 Å². The Hall–Kier alpha value is -4.18. The molecule has 4 aromatic rings. The number of carbonyl (C=O) groups excluding carboxylic acids is 2. The average Bonchev–Trinajstić information content (AvgIpc) is 3.04. The van der Waals surface area contributed by atoms with Crippen LogP contribution in [-0.4, -0.2) is 54.9 Å². The van der Waals surface area contributed by atoms with Crippen molar-refractivity contribution in [2.45, 2.75) is 84.3 Å². The van der Waals surface area contributed by atoms with Crippen molar-refractivity contribution in [1.29, 1.82) is 0 Å². The number of nitrogens with one attached hydrogen (secondary N) is 2. The van der Waals surface area contributed by atoms with Crippen molar-refractivity contribution in [1.82, 2.24) is 9.88 Å². The minimum atomic E-state index is -2.27. The largest absolute Gasteiger partial charge is 0.444 e. The van der Waals surface area contributed by atoms with Gasteiger partial charge in [-0.2, -0.15) is 0 Å². The Labute approximate surface area is 303 Å². The molecule has 0 aliphatic heterocycles. The monoisotopic (exact) mass is 714 g/mol. The Morgan fingerprint density at radius 3 is 2.22 bits per heavy atom. The Bertz CT molecular complexity index is 1750. The average molecular weight is 715 g/mol. The lowest BCUT2D eigenvalue weighted by Crippen LogP contribution is -2.49. The number of aromatic nitrogens is 1. The molecule has 2 atom stereocenters. The molecule has 266 valence electrons. The molecule has 0 saturated heterocycles. The molecule has 1 aromatic heterocycles. The molecule has 0 fully saturated rings. The summed E-state index contributed by atoms with van der Waals surface area (Å²) < 4.78 is 12.9. The molecule has 0 aliphatic rings. The maximum Gasteiger partial charge on any atom is 0.410 e. The smallest absolute Gasteiger partial charge is 0.410 e. The van der Waals surface area contributed by atoms with Gasteiger partial charge in [0.15, 0.2) is 8.32 Å². The van der Waals surface area contributed by atoms with Crippen molar-refractivity contribution in [3.8, 4) is 11.1 Å². The molecule has 1 heterocycles. The van der Waals surface area contributed by atoms with E-state index in [-0.39, 0.29) is 23.5 Å². The normalized spacial score (nSPS) is 13.2. The van der Waals surface area contributed by atoms with Gasteiger partial charge in [-0.3, -0.25) is 9.78 Å². The van der Waals surface area contributed by atoms with Gasteiger partial charge in [0.05, 0.1) is 12.6 Å². The number of nitrogens with zero attached hydrogens (tertiary/aromatic N) is 2. The molecular formula is C40H51ClN4O4Si. The molecule has 0 bridgehead atoms. The van der Waals surface area contributed by atoms with Gasteiger partial charge in [-0.05, 0) is 99.4 Å². The van der Waals surface area contributed by atoms with E-state index < -0.39 is 26.1 Å². The highest BCUT2D eigenvalue weighted by molar-refractivity contribution is 6.74. The van der Waals surface area contributed by atoms with Crippen LogP contribution in [0.5, 0.6) is 0 Å². The summed E-state index contributed by atoms with van der Waals surface area (Å²) in [7, 11) is -2.27. The van der Waals surface area contributed by atoms with Crippen molar-refractivity contribution >= 4 is 43.3 Å². The fourth-order valence-electron chi connectivity index (χ4n) is 5.09. The van der Waals surface area contributed by atoms with E-state index in [2.05, 4.69) is 49.5 Å². The van der Waals surface area contributed by atoms with Crippen LogP contribution in [0.1, 0.15) is 70.6 Å². The first-order valence-electron chi connectivity index (χ1n) is 17.0. The zero-order valence-corrected chi connectivity index (χ0v) is 32.5. The lowest BCUT2D eigenvalue weighted by atomic mass is 10.0. The van der Waals surface area contributed by atoms with Crippen molar-refractivity contribution in [2.75, 3.05) is 23.7 Å². The quantitative estimate of drug-likeness (QED) is 0.142. The van der Waals surface area contributed by atoms with Crippen LogP contribution in [0.25, 0.3) is 11.1 Å². The van der Waals surface area contributed by atoms with Crippen molar-refractivity contribution in [2.24, 2.45) is 0 Å². The predicted octanol–water partition coefficient (Wildman–Crippen LogP) is 10.5. The van der Waals surface area contributed by atoms with Gasteiger partial charge < -0.3 is 24.7 Å². The number of rotatable bonds is 12. The number of amides is 2. The molecule has 2 N–H and O–H groups in total. The predicted molar refractivity (Wildman–Crippen MR) is 207 cm³/mol. The molecule has 0 aliphatic carbocycles. The van der Waals surface area contributed by atoms with Crippen molar-refractivity contribution < 1.29 is 18.8 Å². The fourth-order valence-corrected chi connectivity index (χ4v) is 6.56. The van der Waals surface area contributed by atoms with E-state index in [0.29, 0.717) is 28.5 Å². The van der Waals surface area contributed by atoms with Crippen LogP contribution in [0.2, 0.25) is 23.2 Å². The molecule has 0 radical (unpaired) electrons. The summed E-state index contributed by atoms with van der Waals surface area (Å²) in [5.41, 5.74) is 3.62. The highest BCUT2D eigenvalue weighted by atomic mass is 35.5. The molecule has 4 rings (SSSR count). The summed E-state index contributed by atoms with van der Waals surface area (Å²) in [6.07, 6.45) is 0.777. The third kappa shape index (κ3) is 10.7. The van der Waals surface area contributed by atoms with Gasteiger partial charge in [0.1, 0.15) is 11.3 Å². The summed E-state index contributed by atoms with van der Waals surface area (Å²) in [6.45, 7) is 19.3. The molecule has 50 heavy (non-hydrogen) atoms. The Balaban J connectivity index is 1.59. The van der Waals surface area contributed by atoms with E-state index in [0.717, 1.165) is 16.8 Å². The lowest BCUT2D eigenvalue weighted by Gasteiger charge is -2.41. The first-order valence-corrected chi connectivity index (χ1v) is 20.3. The van der Waals surface area contributed by atoms with Gasteiger partial charge in [0.2, 0.25) is 0 Å². The van der Waals surface area contributed by atoms with Gasteiger partial charge in [-0.25, -0.2) is 4.79 Å². The summed E-state index contributed by atoms with van der Waals surface area (Å²) >= 11 is 6.45. The van der Waals surface area contributed by atoms with Crippen LogP contribution in [0.15, 0.2) is 97.2 Å². The molecule has 2 unspecified atom stereocenters. The van der Waals surface area contributed by atoms with Gasteiger partial charge >= 0.3 is 6.09 Å². The topological polar surface area (TPSA) is 92.8 Å². The number of hydrogen-bond donors (Lipinski definition) is 2. The summed E-state index contributed by atoms with van der Waals surface area (Å²) in [4.78, 5) is 33.2. The maximum atomic E-state index is 13.8. The number of halogens is 1.